The molecule has 0 amide bonds. The largest absolute Gasteiger partial charge is 0.324 e. The monoisotopic (exact) mass is 192 g/mol. The third kappa shape index (κ3) is 1.31. The van der Waals surface area contributed by atoms with Gasteiger partial charge in [0, 0.05) is 11.1 Å². The third-order valence-electron chi connectivity index (χ3n) is 2.47. The summed E-state index contributed by atoms with van der Waals surface area (Å²) in [6.07, 6.45) is 1.82. The fourth-order valence-corrected chi connectivity index (χ4v) is 2.05. The zero-order valence-corrected chi connectivity index (χ0v) is 7.80. The van der Waals surface area contributed by atoms with Crippen molar-refractivity contribution >= 4 is 11.6 Å². The molecule has 1 aromatic carbocycles. The molecule has 66 valence electrons. The number of halogens is 1. The second kappa shape index (κ2) is 3.02. The summed E-state index contributed by atoms with van der Waals surface area (Å²) < 4.78 is 0. The van der Waals surface area contributed by atoms with E-state index in [4.69, 9.17) is 22.6 Å². The molecule has 1 aliphatic carbocycles. The Hall–Kier alpha value is -1.04. The highest BCUT2D eigenvalue weighted by Crippen LogP contribution is 2.33. The van der Waals surface area contributed by atoms with Gasteiger partial charge < -0.3 is 5.73 Å². The zero-order chi connectivity index (χ0) is 9.42. The van der Waals surface area contributed by atoms with Gasteiger partial charge in [-0.3, -0.25) is 0 Å². The molecular weight excluding hydrogens is 184 g/mol. The summed E-state index contributed by atoms with van der Waals surface area (Å²) in [4.78, 5) is 0. The lowest BCUT2D eigenvalue weighted by atomic mass is 10.0. The van der Waals surface area contributed by atoms with Crippen LogP contribution in [0.15, 0.2) is 12.1 Å². The lowest BCUT2D eigenvalue weighted by Crippen LogP contribution is -2.05. The van der Waals surface area contributed by atoms with Crippen LogP contribution in [0.1, 0.15) is 29.2 Å². The second-order valence-corrected chi connectivity index (χ2v) is 3.71. The lowest BCUT2D eigenvalue weighted by Gasteiger charge is -2.05. The van der Waals surface area contributed by atoms with Gasteiger partial charge in [-0.2, -0.15) is 5.26 Å². The number of benzene rings is 1. The van der Waals surface area contributed by atoms with Gasteiger partial charge in [0.2, 0.25) is 0 Å². The maximum Gasteiger partial charge on any atom is 0.0995 e. The Labute approximate surface area is 81.9 Å². The van der Waals surface area contributed by atoms with E-state index in [1.165, 1.54) is 0 Å². The maximum atomic E-state index is 8.86. The summed E-state index contributed by atoms with van der Waals surface area (Å²) in [6.45, 7) is 0. The first-order valence-electron chi connectivity index (χ1n) is 4.20. The molecule has 0 aromatic heterocycles. The predicted octanol–water partition coefficient (Wildman–Crippen LogP) is 2.16. The number of rotatable bonds is 0. The molecule has 0 spiro atoms. The second-order valence-electron chi connectivity index (χ2n) is 3.28. The van der Waals surface area contributed by atoms with Crippen LogP contribution in [0.4, 0.5) is 0 Å². The summed E-state index contributed by atoms with van der Waals surface area (Å²) >= 11 is 5.87. The Balaban J connectivity index is 2.65. The molecule has 0 saturated carbocycles. The van der Waals surface area contributed by atoms with E-state index in [0.717, 1.165) is 24.0 Å². The molecule has 2 N–H and O–H groups in total. The van der Waals surface area contributed by atoms with Crippen molar-refractivity contribution < 1.29 is 0 Å². The molecule has 1 atom stereocenters. The first-order chi connectivity index (χ1) is 6.22. The fraction of sp³-hybridized carbons (Fsp3) is 0.300. The Kier molecular flexibility index (Phi) is 1.99. The van der Waals surface area contributed by atoms with E-state index >= 15 is 0 Å². The average molecular weight is 193 g/mol. The number of hydrogen-bond donors (Lipinski definition) is 1. The number of fused-ring (bicyclic) bond motifs is 1. The Morgan fingerprint density at radius 1 is 1.54 bits per heavy atom. The van der Waals surface area contributed by atoms with Gasteiger partial charge in [-0.25, -0.2) is 0 Å². The molecule has 1 aromatic rings. The van der Waals surface area contributed by atoms with Gasteiger partial charge in [0.05, 0.1) is 11.6 Å². The van der Waals surface area contributed by atoms with Crippen LogP contribution in [0.3, 0.4) is 0 Å². The minimum Gasteiger partial charge on any atom is -0.324 e. The number of nitriles is 1. The van der Waals surface area contributed by atoms with Gasteiger partial charge in [-0.1, -0.05) is 11.6 Å². The van der Waals surface area contributed by atoms with Crippen LogP contribution < -0.4 is 5.73 Å². The molecule has 2 rings (SSSR count). The summed E-state index contributed by atoms with van der Waals surface area (Å²) in [5.41, 5.74) is 8.68. The highest BCUT2D eigenvalue weighted by molar-refractivity contribution is 6.30. The lowest BCUT2D eigenvalue weighted by molar-refractivity contribution is 0.713. The third-order valence-corrected chi connectivity index (χ3v) is 2.69. The van der Waals surface area contributed by atoms with Crippen molar-refractivity contribution in [1.29, 1.82) is 5.26 Å². The normalized spacial score (nSPS) is 19.6. The van der Waals surface area contributed by atoms with Crippen LogP contribution in [0.2, 0.25) is 5.02 Å². The molecule has 0 bridgehead atoms. The summed E-state index contributed by atoms with van der Waals surface area (Å²) in [6, 6.07) is 5.78. The van der Waals surface area contributed by atoms with E-state index < -0.39 is 0 Å². The van der Waals surface area contributed by atoms with Gasteiger partial charge in [0.15, 0.2) is 0 Å². The molecule has 0 fully saturated rings. The van der Waals surface area contributed by atoms with E-state index in [-0.39, 0.29) is 6.04 Å². The van der Waals surface area contributed by atoms with E-state index in [2.05, 4.69) is 6.07 Å². The predicted molar refractivity (Wildman–Crippen MR) is 51.4 cm³/mol. The molecule has 0 saturated heterocycles. The number of hydrogen-bond acceptors (Lipinski definition) is 2. The van der Waals surface area contributed by atoms with Crippen molar-refractivity contribution in [2.24, 2.45) is 5.73 Å². The van der Waals surface area contributed by atoms with Gasteiger partial charge in [-0.15, -0.1) is 0 Å². The van der Waals surface area contributed by atoms with E-state index in [1.54, 1.807) is 6.07 Å². The maximum absolute atomic E-state index is 8.86. The van der Waals surface area contributed by atoms with Crippen LogP contribution in [-0.4, -0.2) is 0 Å². The standard InChI is InChI=1S/C10H9ClN2/c11-7-3-6(5-12)8-1-2-10(13)9(8)4-7/h3-4,10H,1-2,13H2. The molecule has 2 nitrogen and oxygen atoms in total. The van der Waals surface area contributed by atoms with Crippen LogP contribution in [0.25, 0.3) is 0 Å². The van der Waals surface area contributed by atoms with E-state index in [1.807, 2.05) is 6.07 Å². The Morgan fingerprint density at radius 3 is 3.00 bits per heavy atom. The molecule has 0 radical (unpaired) electrons. The molecule has 13 heavy (non-hydrogen) atoms. The number of nitrogens with two attached hydrogens (primary N) is 1. The Bertz CT molecular complexity index is 393. The van der Waals surface area contributed by atoms with Crippen LogP contribution in [0, 0.1) is 11.3 Å². The zero-order valence-electron chi connectivity index (χ0n) is 7.05. The molecule has 1 aliphatic rings. The van der Waals surface area contributed by atoms with Crippen molar-refractivity contribution in [2.75, 3.05) is 0 Å². The first kappa shape index (κ1) is 8.55. The van der Waals surface area contributed by atoms with E-state index in [0.29, 0.717) is 10.6 Å². The molecule has 0 aliphatic heterocycles. The van der Waals surface area contributed by atoms with Crippen molar-refractivity contribution in [2.45, 2.75) is 18.9 Å². The van der Waals surface area contributed by atoms with E-state index in [9.17, 15) is 0 Å². The molecule has 1 unspecified atom stereocenters. The van der Waals surface area contributed by atoms with Gasteiger partial charge in [0.1, 0.15) is 0 Å². The summed E-state index contributed by atoms with van der Waals surface area (Å²) in [5.74, 6) is 0. The summed E-state index contributed by atoms with van der Waals surface area (Å²) in [5, 5.41) is 9.47. The topological polar surface area (TPSA) is 49.8 Å². The molecule has 0 heterocycles. The van der Waals surface area contributed by atoms with Crippen LogP contribution >= 0.6 is 11.6 Å². The fourth-order valence-electron chi connectivity index (χ4n) is 1.82. The highest BCUT2D eigenvalue weighted by atomic mass is 35.5. The van der Waals surface area contributed by atoms with Crippen molar-refractivity contribution in [1.82, 2.24) is 0 Å². The molecular formula is C10H9ClN2. The van der Waals surface area contributed by atoms with Crippen LogP contribution in [0.5, 0.6) is 0 Å². The van der Waals surface area contributed by atoms with Gasteiger partial charge in [-0.05, 0) is 36.1 Å². The Morgan fingerprint density at radius 2 is 2.31 bits per heavy atom. The van der Waals surface area contributed by atoms with Gasteiger partial charge >= 0.3 is 0 Å². The first-order valence-corrected chi connectivity index (χ1v) is 4.58. The van der Waals surface area contributed by atoms with Gasteiger partial charge in [0.25, 0.3) is 0 Å². The highest BCUT2D eigenvalue weighted by Gasteiger charge is 2.22. The minimum atomic E-state index is 0.0563. The summed E-state index contributed by atoms with van der Waals surface area (Å²) in [7, 11) is 0. The minimum absolute atomic E-state index is 0.0563. The van der Waals surface area contributed by atoms with Crippen molar-refractivity contribution in [3.8, 4) is 6.07 Å². The van der Waals surface area contributed by atoms with Crippen LogP contribution in [-0.2, 0) is 6.42 Å². The van der Waals surface area contributed by atoms with Crippen molar-refractivity contribution in [3.05, 3.63) is 33.8 Å². The molecule has 3 heteroatoms. The SMILES string of the molecule is N#Cc1cc(Cl)cc2c1CCC2N. The number of nitrogens with zero attached hydrogens (tertiary/aromatic N) is 1. The van der Waals surface area contributed by atoms with Crippen molar-refractivity contribution in [3.63, 3.8) is 0 Å². The smallest absolute Gasteiger partial charge is 0.0995 e. The quantitative estimate of drug-likeness (QED) is 0.685. The average Bonchev–Trinajstić information content (AvgIpc) is 2.47.